The van der Waals surface area contributed by atoms with Crippen LogP contribution in [0.15, 0.2) is 48.4 Å². The fraction of sp³-hybridized carbons (Fsp3) is 0.545. The van der Waals surface area contributed by atoms with Gasteiger partial charge in [-0.3, -0.25) is 9.59 Å². The third kappa shape index (κ3) is 7.72. The second-order valence-corrected chi connectivity index (χ2v) is 7.40. The SMILES string of the molecule is C=C/C(C)=C/C[C@@H]1O[C@H](C)[C@H](NC(=O)/C=C\C(C)C(=O)C=C(N)OC)C[C@@H]1C. The van der Waals surface area contributed by atoms with E-state index in [1.54, 1.807) is 13.0 Å². The van der Waals surface area contributed by atoms with Crippen LogP contribution < -0.4 is 11.1 Å². The number of carbonyl (C=O) groups excluding carboxylic acids is 2. The van der Waals surface area contributed by atoms with Gasteiger partial charge in [0.15, 0.2) is 11.7 Å². The van der Waals surface area contributed by atoms with Crippen LogP contribution in [0.25, 0.3) is 0 Å². The number of nitrogens with one attached hydrogen (secondary N) is 1. The summed E-state index contributed by atoms with van der Waals surface area (Å²) < 4.78 is 10.9. The van der Waals surface area contributed by atoms with Crippen molar-refractivity contribution in [3.63, 3.8) is 0 Å². The van der Waals surface area contributed by atoms with E-state index in [1.807, 2.05) is 19.9 Å². The molecule has 1 unspecified atom stereocenters. The van der Waals surface area contributed by atoms with Crippen LogP contribution in [0.2, 0.25) is 0 Å². The summed E-state index contributed by atoms with van der Waals surface area (Å²) in [6, 6.07) is -0.0667. The van der Waals surface area contributed by atoms with E-state index in [2.05, 4.69) is 24.9 Å². The topological polar surface area (TPSA) is 90.7 Å². The van der Waals surface area contributed by atoms with E-state index in [9.17, 15) is 9.59 Å². The Bertz CT molecular complexity index is 651. The highest BCUT2D eigenvalue weighted by Crippen LogP contribution is 2.27. The molecule has 0 bridgehead atoms. The van der Waals surface area contributed by atoms with Crippen molar-refractivity contribution in [2.75, 3.05) is 7.11 Å². The predicted molar refractivity (Wildman–Crippen MR) is 111 cm³/mol. The molecule has 5 atom stereocenters. The van der Waals surface area contributed by atoms with E-state index in [0.29, 0.717) is 5.92 Å². The molecule has 0 aromatic heterocycles. The number of nitrogens with two attached hydrogens (primary N) is 1. The van der Waals surface area contributed by atoms with Gasteiger partial charge in [0.25, 0.3) is 0 Å². The van der Waals surface area contributed by atoms with Gasteiger partial charge in [0.2, 0.25) is 5.91 Å². The standard InChI is InChI=1S/C22H34N2O4/c1-7-14(2)8-10-20-16(4)12-18(17(5)28-20)24-22(26)11-9-15(3)19(25)13-21(23)27-6/h7-9,11,13,15-18,20H,1,10,12,23H2,2-6H3,(H,24,26)/b11-9-,14-8+,21-13?/t15?,16-,17+,18+,20-/m0/s1. The highest BCUT2D eigenvalue weighted by Gasteiger charge is 2.33. The van der Waals surface area contributed by atoms with Crippen LogP contribution in [0.1, 0.15) is 40.5 Å². The van der Waals surface area contributed by atoms with Gasteiger partial charge < -0.3 is 20.5 Å². The number of rotatable bonds is 9. The van der Waals surface area contributed by atoms with Crippen LogP contribution in [0.5, 0.6) is 0 Å². The van der Waals surface area contributed by atoms with Crippen LogP contribution in [-0.4, -0.2) is 37.0 Å². The lowest BCUT2D eigenvalue weighted by Crippen LogP contribution is -2.50. The number of ether oxygens (including phenoxy) is 2. The Kier molecular flexibility index (Phi) is 9.73. The minimum Gasteiger partial charge on any atom is -0.483 e. The highest BCUT2D eigenvalue weighted by molar-refractivity contribution is 5.94. The first-order chi connectivity index (χ1) is 13.2. The molecule has 0 aromatic rings. The summed E-state index contributed by atoms with van der Waals surface area (Å²) in [5.41, 5.74) is 6.60. The van der Waals surface area contributed by atoms with Crippen LogP contribution in [0.4, 0.5) is 0 Å². The molecule has 6 heteroatoms. The molecule has 6 nitrogen and oxygen atoms in total. The monoisotopic (exact) mass is 390 g/mol. The maximum atomic E-state index is 12.3. The van der Waals surface area contributed by atoms with E-state index in [4.69, 9.17) is 15.2 Å². The first kappa shape index (κ1) is 23.7. The summed E-state index contributed by atoms with van der Waals surface area (Å²) >= 11 is 0. The zero-order valence-electron chi connectivity index (χ0n) is 17.6. The van der Waals surface area contributed by atoms with Crippen LogP contribution in [-0.2, 0) is 19.1 Å². The zero-order valence-corrected chi connectivity index (χ0v) is 17.6. The Labute approximate surface area is 168 Å². The maximum Gasteiger partial charge on any atom is 0.243 e. The minimum atomic E-state index is -0.470. The Morgan fingerprint density at radius 1 is 1.39 bits per heavy atom. The van der Waals surface area contributed by atoms with E-state index in [1.165, 1.54) is 19.3 Å². The first-order valence-corrected chi connectivity index (χ1v) is 9.66. The molecule has 0 aromatic carbocycles. The molecule has 0 aliphatic carbocycles. The third-order valence-electron chi connectivity index (χ3n) is 5.04. The van der Waals surface area contributed by atoms with Gasteiger partial charge in [-0.15, -0.1) is 0 Å². The second kappa shape index (κ2) is 11.5. The lowest BCUT2D eigenvalue weighted by Gasteiger charge is -2.39. The summed E-state index contributed by atoms with van der Waals surface area (Å²) in [6.07, 6.45) is 9.84. The smallest absolute Gasteiger partial charge is 0.243 e. The van der Waals surface area contributed by atoms with E-state index < -0.39 is 5.92 Å². The number of methoxy groups -OCH3 is 1. The molecule has 1 aliphatic rings. The number of allylic oxidation sites excluding steroid dienone is 4. The Hall–Kier alpha value is -2.34. The molecule has 0 radical (unpaired) electrons. The van der Waals surface area contributed by atoms with Crippen LogP contribution in [0, 0.1) is 11.8 Å². The van der Waals surface area contributed by atoms with Crippen molar-refractivity contribution in [1.29, 1.82) is 0 Å². The van der Waals surface area contributed by atoms with Gasteiger partial charge in [-0.2, -0.15) is 0 Å². The van der Waals surface area contributed by atoms with Gasteiger partial charge in [-0.1, -0.05) is 44.2 Å². The lowest BCUT2D eigenvalue weighted by molar-refractivity contribution is -0.123. The van der Waals surface area contributed by atoms with E-state index in [0.717, 1.165) is 18.4 Å². The largest absolute Gasteiger partial charge is 0.483 e. The number of ketones is 1. The Morgan fingerprint density at radius 3 is 2.68 bits per heavy atom. The molecular formula is C22H34N2O4. The summed E-state index contributed by atoms with van der Waals surface area (Å²) in [5, 5.41) is 2.98. The average molecular weight is 391 g/mol. The Morgan fingerprint density at radius 2 is 2.07 bits per heavy atom. The van der Waals surface area contributed by atoms with Gasteiger partial charge in [-0.05, 0) is 38.7 Å². The zero-order chi connectivity index (χ0) is 21.3. The number of hydrogen-bond acceptors (Lipinski definition) is 5. The number of carbonyl (C=O) groups is 2. The third-order valence-corrected chi connectivity index (χ3v) is 5.04. The Balaban J connectivity index is 2.58. The van der Waals surface area contributed by atoms with Gasteiger partial charge in [0, 0.05) is 12.0 Å². The van der Waals surface area contributed by atoms with Crippen molar-refractivity contribution in [2.24, 2.45) is 17.6 Å². The van der Waals surface area contributed by atoms with Gasteiger partial charge in [0.05, 0.1) is 25.4 Å². The normalized spacial score (nSPS) is 27.3. The molecular weight excluding hydrogens is 356 g/mol. The van der Waals surface area contributed by atoms with Gasteiger partial charge >= 0.3 is 0 Å². The molecule has 156 valence electrons. The molecule has 0 saturated carbocycles. The summed E-state index contributed by atoms with van der Waals surface area (Å²) in [4.78, 5) is 24.2. The molecule has 1 rings (SSSR count). The summed E-state index contributed by atoms with van der Waals surface area (Å²) in [7, 11) is 1.39. The molecule has 1 aliphatic heterocycles. The summed E-state index contributed by atoms with van der Waals surface area (Å²) in [6.45, 7) is 11.6. The average Bonchev–Trinajstić information content (AvgIpc) is 2.66. The quantitative estimate of drug-likeness (QED) is 0.359. The van der Waals surface area contributed by atoms with Crippen molar-refractivity contribution in [2.45, 2.75) is 58.8 Å². The van der Waals surface area contributed by atoms with Crippen molar-refractivity contribution in [1.82, 2.24) is 5.32 Å². The van der Waals surface area contributed by atoms with Crippen LogP contribution in [0.3, 0.4) is 0 Å². The predicted octanol–water partition coefficient (Wildman–Crippen LogP) is 3.02. The first-order valence-electron chi connectivity index (χ1n) is 9.66. The van der Waals surface area contributed by atoms with Crippen molar-refractivity contribution in [3.8, 4) is 0 Å². The molecule has 1 fully saturated rings. The number of amides is 1. The molecule has 28 heavy (non-hydrogen) atoms. The van der Waals surface area contributed by atoms with E-state index >= 15 is 0 Å². The van der Waals surface area contributed by atoms with E-state index in [-0.39, 0.29) is 35.8 Å². The fourth-order valence-corrected chi connectivity index (χ4v) is 2.99. The summed E-state index contributed by atoms with van der Waals surface area (Å²) in [5.74, 6) is -0.567. The minimum absolute atomic E-state index is 0.0459. The van der Waals surface area contributed by atoms with Crippen molar-refractivity contribution >= 4 is 11.7 Å². The molecule has 1 amide bonds. The van der Waals surface area contributed by atoms with Gasteiger partial charge in [-0.25, -0.2) is 0 Å². The molecule has 0 spiro atoms. The lowest BCUT2D eigenvalue weighted by atomic mass is 9.88. The van der Waals surface area contributed by atoms with Crippen LogP contribution >= 0.6 is 0 Å². The molecule has 1 saturated heterocycles. The molecule has 3 N–H and O–H groups in total. The fourth-order valence-electron chi connectivity index (χ4n) is 2.99. The van der Waals surface area contributed by atoms with Crippen molar-refractivity contribution < 1.29 is 19.1 Å². The maximum absolute atomic E-state index is 12.3. The van der Waals surface area contributed by atoms with Crippen molar-refractivity contribution in [3.05, 3.63) is 48.4 Å². The van der Waals surface area contributed by atoms with Gasteiger partial charge in [0.1, 0.15) is 0 Å². The number of hydrogen-bond donors (Lipinski definition) is 2. The second-order valence-electron chi connectivity index (χ2n) is 7.40. The molecule has 1 heterocycles. The highest BCUT2D eigenvalue weighted by atomic mass is 16.5.